The molecule has 0 fully saturated rings. The molecule has 0 unspecified atom stereocenters. The van der Waals surface area contributed by atoms with Crippen LogP contribution in [0.15, 0.2) is 71.9 Å². The quantitative estimate of drug-likeness (QED) is 0.620. The zero-order valence-electron chi connectivity index (χ0n) is 13.3. The Kier molecular flexibility index (Phi) is 6.06. The van der Waals surface area contributed by atoms with Gasteiger partial charge in [-0.1, -0.05) is 60.7 Å². The van der Waals surface area contributed by atoms with Crippen LogP contribution in [0.1, 0.15) is 19.4 Å². The summed E-state index contributed by atoms with van der Waals surface area (Å²) in [7, 11) is 0. The number of carbonyl (C=O) groups is 1. The van der Waals surface area contributed by atoms with Gasteiger partial charge in [0, 0.05) is 17.9 Å². The van der Waals surface area contributed by atoms with Crippen LogP contribution >= 0.6 is 12.2 Å². The zero-order chi connectivity index (χ0) is 16.7. The maximum absolute atomic E-state index is 12.0. The maximum Gasteiger partial charge on any atom is 0.164 e. The number of rotatable bonds is 6. The van der Waals surface area contributed by atoms with Crippen LogP contribution in [-0.4, -0.2) is 10.8 Å². The van der Waals surface area contributed by atoms with Crippen molar-refractivity contribution in [1.29, 1.82) is 0 Å². The normalized spacial score (nSPS) is 11.4. The third-order valence-corrected chi connectivity index (χ3v) is 3.69. The lowest BCUT2D eigenvalue weighted by atomic mass is 10.1. The molecule has 2 N–H and O–H groups in total. The van der Waals surface area contributed by atoms with Gasteiger partial charge in [-0.3, -0.25) is 4.79 Å². The highest BCUT2D eigenvalue weighted by Gasteiger charge is 2.14. The number of carbonyl (C=O) groups excluding carboxylic acids is 1. The van der Waals surface area contributed by atoms with Gasteiger partial charge in [0.25, 0.3) is 0 Å². The molecule has 0 amide bonds. The molecule has 3 nitrogen and oxygen atoms in total. The third kappa shape index (κ3) is 5.04. The van der Waals surface area contributed by atoms with Crippen LogP contribution in [0.5, 0.6) is 0 Å². The SMILES string of the molecule is CC(=O)C(C(=S)Nc1ccccc1)=C(C)NCc1ccccc1. The molecule has 0 spiro atoms. The van der Waals surface area contributed by atoms with Gasteiger partial charge in [-0.15, -0.1) is 0 Å². The summed E-state index contributed by atoms with van der Waals surface area (Å²) in [6.45, 7) is 4.05. The predicted molar refractivity (Wildman–Crippen MR) is 99.3 cm³/mol. The van der Waals surface area contributed by atoms with Crippen LogP contribution in [-0.2, 0) is 11.3 Å². The van der Waals surface area contributed by atoms with Crippen molar-refractivity contribution in [3.63, 3.8) is 0 Å². The highest BCUT2D eigenvalue weighted by molar-refractivity contribution is 7.81. The fourth-order valence-corrected chi connectivity index (χ4v) is 2.64. The summed E-state index contributed by atoms with van der Waals surface area (Å²) in [6, 6.07) is 19.6. The van der Waals surface area contributed by atoms with E-state index in [4.69, 9.17) is 12.2 Å². The lowest BCUT2D eigenvalue weighted by molar-refractivity contribution is -0.113. The molecule has 2 aromatic rings. The molecule has 0 radical (unpaired) electrons. The van der Waals surface area contributed by atoms with Gasteiger partial charge in [0.1, 0.15) is 4.99 Å². The molecule has 0 atom stereocenters. The van der Waals surface area contributed by atoms with Crippen molar-refractivity contribution >= 4 is 28.7 Å². The minimum Gasteiger partial charge on any atom is -0.384 e. The summed E-state index contributed by atoms with van der Waals surface area (Å²) in [6.07, 6.45) is 0. The highest BCUT2D eigenvalue weighted by atomic mass is 32.1. The summed E-state index contributed by atoms with van der Waals surface area (Å²) >= 11 is 5.41. The molecule has 0 saturated carbocycles. The van der Waals surface area contributed by atoms with Gasteiger partial charge in [0.2, 0.25) is 0 Å². The molecule has 23 heavy (non-hydrogen) atoms. The summed E-state index contributed by atoms with van der Waals surface area (Å²) in [5, 5.41) is 6.39. The number of nitrogens with one attached hydrogen (secondary N) is 2. The van der Waals surface area contributed by atoms with E-state index < -0.39 is 0 Å². The van der Waals surface area contributed by atoms with Crippen molar-refractivity contribution in [2.75, 3.05) is 5.32 Å². The standard InChI is InChI=1S/C19H20N2OS/c1-14(20-13-16-9-5-3-6-10-16)18(15(2)22)19(23)21-17-11-7-4-8-12-17/h3-12,20H,13H2,1-2H3,(H,21,23). The molecule has 118 valence electrons. The molecule has 0 saturated heterocycles. The number of ketones is 1. The average molecular weight is 324 g/mol. The highest BCUT2D eigenvalue weighted by Crippen LogP contribution is 2.12. The van der Waals surface area contributed by atoms with E-state index in [1.54, 1.807) is 0 Å². The van der Waals surface area contributed by atoms with Crippen LogP contribution in [0.3, 0.4) is 0 Å². The van der Waals surface area contributed by atoms with E-state index in [-0.39, 0.29) is 5.78 Å². The van der Waals surface area contributed by atoms with E-state index in [1.807, 2.05) is 67.6 Å². The van der Waals surface area contributed by atoms with Gasteiger partial charge >= 0.3 is 0 Å². The average Bonchev–Trinajstić information content (AvgIpc) is 2.54. The minimum absolute atomic E-state index is 0.0588. The van der Waals surface area contributed by atoms with Gasteiger partial charge in [0.15, 0.2) is 5.78 Å². The van der Waals surface area contributed by atoms with E-state index in [1.165, 1.54) is 6.92 Å². The molecular formula is C19H20N2OS. The lowest BCUT2D eigenvalue weighted by Gasteiger charge is -2.15. The topological polar surface area (TPSA) is 41.1 Å². The number of Topliss-reactive ketones (excluding diaryl/α,β-unsaturated/α-hetero) is 1. The van der Waals surface area contributed by atoms with Crippen molar-refractivity contribution in [3.05, 3.63) is 77.5 Å². The van der Waals surface area contributed by atoms with Gasteiger partial charge in [-0.25, -0.2) is 0 Å². The molecule has 0 aliphatic carbocycles. The van der Waals surface area contributed by atoms with E-state index in [0.717, 1.165) is 16.9 Å². The van der Waals surface area contributed by atoms with Gasteiger partial charge in [0.05, 0.1) is 5.57 Å². The zero-order valence-corrected chi connectivity index (χ0v) is 14.1. The Bertz CT molecular complexity index is 709. The third-order valence-electron chi connectivity index (χ3n) is 3.39. The molecule has 2 rings (SSSR count). The van der Waals surface area contributed by atoms with E-state index in [9.17, 15) is 4.79 Å². The summed E-state index contributed by atoms with van der Waals surface area (Å²) < 4.78 is 0. The van der Waals surface area contributed by atoms with Crippen LogP contribution in [0.2, 0.25) is 0 Å². The van der Waals surface area contributed by atoms with Crippen molar-refractivity contribution in [2.45, 2.75) is 20.4 Å². The van der Waals surface area contributed by atoms with Gasteiger partial charge in [-0.05, 0) is 31.5 Å². The number of anilines is 1. The second-order valence-electron chi connectivity index (χ2n) is 5.22. The maximum atomic E-state index is 12.0. The second kappa shape index (κ2) is 8.25. The molecule has 0 aliphatic rings. The largest absolute Gasteiger partial charge is 0.384 e. The Morgan fingerprint density at radius 2 is 1.52 bits per heavy atom. The monoisotopic (exact) mass is 324 g/mol. The predicted octanol–water partition coefficient (Wildman–Crippen LogP) is 4.08. The number of allylic oxidation sites excluding steroid dienone is 1. The number of hydrogen-bond acceptors (Lipinski definition) is 3. The second-order valence-corrected chi connectivity index (χ2v) is 5.62. The Morgan fingerprint density at radius 3 is 2.09 bits per heavy atom. The first-order chi connectivity index (χ1) is 11.1. The van der Waals surface area contributed by atoms with Gasteiger partial charge in [-0.2, -0.15) is 0 Å². The summed E-state index contributed by atoms with van der Waals surface area (Å²) in [5.41, 5.74) is 3.30. The molecular weight excluding hydrogens is 304 g/mol. The molecule has 0 aromatic heterocycles. The summed E-state index contributed by atoms with van der Waals surface area (Å²) in [4.78, 5) is 12.4. The van der Waals surface area contributed by atoms with Gasteiger partial charge < -0.3 is 10.6 Å². The molecule has 0 aliphatic heterocycles. The van der Waals surface area contributed by atoms with Crippen LogP contribution in [0.25, 0.3) is 0 Å². The van der Waals surface area contributed by atoms with Crippen molar-refractivity contribution in [2.24, 2.45) is 0 Å². The smallest absolute Gasteiger partial charge is 0.164 e. The Labute approximate surface area is 142 Å². The van der Waals surface area contributed by atoms with E-state index in [0.29, 0.717) is 17.1 Å². The lowest BCUT2D eigenvalue weighted by Crippen LogP contribution is -2.23. The number of thiocarbonyl (C=S) groups is 1. The first kappa shape index (κ1) is 16.9. The van der Waals surface area contributed by atoms with Crippen molar-refractivity contribution in [3.8, 4) is 0 Å². The Balaban J connectivity index is 2.12. The van der Waals surface area contributed by atoms with Crippen LogP contribution in [0.4, 0.5) is 5.69 Å². The number of para-hydroxylation sites is 1. The van der Waals surface area contributed by atoms with Crippen molar-refractivity contribution < 1.29 is 4.79 Å². The Morgan fingerprint density at radius 1 is 0.957 bits per heavy atom. The molecule has 0 bridgehead atoms. The Hall–Kier alpha value is -2.46. The fourth-order valence-electron chi connectivity index (χ4n) is 2.23. The fraction of sp³-hybridized carbons (Fsp3) is 0.158. The van der Waals surface area contributed by atoms with Crippen molar-refractivity contribution in [1.82, 2.24) is 5.32 Å². The minimum atomic E-state index is -0.0588. The number of benzene rings is 2. The molecule has 2 aromatic carbocycles. The number of hydrogen-bond donors (Lipinski definition) is 2. The summed E-state index contributed by atoms with van der Waals surface area (Å²) in [5.74, 6) is -0.0588. The van der Waals surface area contributed by atoms with E-state index >= 15 is 0 Å². The molecule has 0 heterocycles. The van der Waals surface area contributed by atoms with E-state index in [2.05, 4.69) is 10.6 Å². The first-order valence-corrected chi connectivity index (χ1v) is 7.84. The van der Waals surface area contributed by atoms with Crippen LogP contribution in [0, 0.1) is 0 Å². The van der Waals surface area contributed by atoms with Crippen LogP contribution < -0.4 is 10.6 Å². The first-order valence-electron chi connectivity index (χ1n) is 7.44. The molecule has 4 heteroatoms.